The van der Waals surface area contributed by atoms with Crippen molar-refractivity contribution < 1.29 is 4.74 Å². The average molecular weight is 273 g/mol. The lowest BCUT2D eigenvalue weighted by Gasteiger charge is -2.07. The largest absolute Gasteiger partial charge is 0.491 e. The van der Waals surface area contributed by atoms with Crippen LogP contribution in [-0.4, -0.2) is 16.2 Å². The SMILES string of the molecule is CCCOc1cccc2c1nc(N)n2CCCC1CC1. The van der Waals surface area contributed by atoms with E-state index in [1.54, 1.807) is 0 Å². The van der Waals surface area contributed by atoms with Crippen LogP contribution in [0.5, 0.6) is 5.75 Å². The first-order valence-electron chi connectivity index (χ1n) is 7.67. The number of hydrogen-bond donors (Lipinski definition) is 1. The van der Waals surface area contributed by atoms with E-state index in [-0.39, 0.29) is 0 Å². The van der Waals surface area contributed by atoms with E-state index in [4.69, 9.17) is 10.5 Å². The van der Waals surface area contributed by atoms with E-state index in [1.807, 2.05) is 12.1 Å². The molecule has 1 aromatic carbocycles. The minimum absolute atomic E-state index is 0.600. The second-order valence-electron chi connectivity index (χ2n) is 5.68. The molecule has 1 saturated carbocycles. The van der Waals surface area contributed by atoms with Crippen LogP contribution in [0, 0.1) is 5.92 Å². The lowest BCUT2D eigenvalue weighted by Crippen LogP contribution is -2.03. The number of imidazole rings is 1. The fourth-order valence-electron chi connectivity index (χ4n) is 2.65. The number of para-hydroxylation sites is 1. The van der Waals surface area contributed by atoms with Crippen LogP contribution in [-0.2, 0) is 6.54 Å². The Bertz CT molecular complexity index is 587. The molecule has 1 aliphatic rings. The first kappa shape index (κ1) is 13.3. The van der Waals surface area contributed by atoms with Gasteiger partial charge in [0.1, 0.15) is 11.3 Å². The topological polar surface area (TPSA) is 53.1 Å². The number of nitrogens with two attached hydrogens (primary N) is 1. The second-order valence-corrected chi connectivity index (χ2v) is 5.68. The van der Waals surface area contributed by atoms with Crippen LogP contribution >= 0.6 is 0 Å². The molecular formula is C16H23N3O. The van der Waals surface area contributed by atoms with E-state index in [1.165, 1.54) is 25.7 Å². The lowest BCUT2D eigenvalue weighted by molar-refractivity contribution is 0.320. The predicted molar refractivity (Wildman–Crippen MR) is 81.9 cm³/mol. The number of rotatable bonds is 7. The molecule has 2 N–H and O–H groups in total. The molecule has 1 aliphatic carbocycles. The third-order valence-corrected chi connectivity index (χ3v) is 3.92. The molecule has 2 aromatic rings. The summed E-state index contributed by atoms with van der Waals surface area (Å²) >= 11 is 0. The number of ether oxygens (including phenoxy) is 1. The second kappa shape index (κ2) is 5.73. The van der Waals surface area contributed by atoms with E-state index in [2.05, 4.69) is 22.5 Å². The summed E-state index contributed by atoms with van der Waals surface area (Å²) in [6, 6.07) is 6.07. The molecule has 108 valence electrons. The Labute approximate surface area is 119 Å². The first-order chi connectivity index (χ1) is 9.79. The summed E-state index contributed by atoms with van der Waals surface area (Å²) in [6.45, 7) is 3.77. The Morgan fingerprint density at radius 1 is 1.40 bits per heavy atom. The van der Waals surface area contributed by atoms with Crippen LogP contribution in [0.25, 0.3) is 11.0 Å². The monoisotopic (exact) mass is 273 g/mol. The Hall–Kier alpha value is -1.71. The molecule has 20 heavy (non-hydrogen) atoms. The molecule has 0 atom stereocenters. The number of aromatic nitrogens is 2. The molecular weight excluding hydrogens is 250 g/mol. The Morgan fingerprint density at radius 2 is 2.25 bits per heavy atom. The Balaban J connectivity index is 1.81. The summed E-state index contributed by atoms with van der Waals surface area (Å²) in [5.74, 6) is 2.41. The van der Waals surface area contributed by atoms with E-state index < -0.39 is 0 Å². The van der Waals surface area contributed by atoms with Crippen LogP contribution in [0.4, 0.5) is 5.95 Å². The quantitative estimate of drug-likeness (QED) is 0.838. The zero-order chi connectivity index (χ0) is 13.9. The average Bonchev–Trinajstić information content (AvgIpc) is 3.21. The molecule has 0 spiro atoms. The van der Waals surface area contributed by atoms with Gasteiger partial charge in [-0.15, -0.1) is 0 Å². The van der Waals surface area contributed by atoms with Gasteiger partial charge in [-0.2, -0.15) is 0 Å². The fourth-order valence-corrected chi connectivity index (χ4v) is 2.65. The number of fused-ring (bicyclic) bond motifs is 1. The van der Waals surface area contributed by atoms with Gasteiger partial charge >= 0.3 is 0 Å². The van der Waals surface area contributed by atoms with Crippen molar-refractivity contribution in [3.8, 4) is 5.75 Å². The van der Waals surface area contributed by atoms with Gasteiger partial charge in [0.25, 0.3) is 0 Å². The Kier molecular flexibility index (Phi) is 3.81. The van der Waals surface area contributed by atoms with Gasteiger partial charge in [-0.1, -0.05) is 25.8 Å². The summed E-state index contributed by atoms with van der Waals surface area (Å²) in [4.78, 5) is 4.50. The van der Waals surface area contributed by atoms with Crippen LogP contribution in [0.2, 0.25) is 0 Å². The number of benzene rings is 1. The first-order valence-corrected chi connectivity index (χ1v) is 7.67. The van der Waals surface area contributed by atoms with Crippen molar-refractivity contribution in [2.45, 2.75) is 45.6 Å². The molecule has 0 amide bonds. The maximum atomic E-state index is 6.08. The summed E-state index contributed by atoms with van der Waals surface area (Å²) < 4.78 is 7.88. The number of nitrogens with zero attached hydrogens (tertiary/aromatic N) is 2. The van der Waals surface area contributed by atoms with Crippen molar-refractivity contribution in [1.29, 1.82) is 0 Å². The van der Waals surface area contributed by atoms with Gasteiger partial charge in [-0.25, -0.2) is 4.98 Å². The summed E-state index contributed by atoms with van der Waals surface area (Å²) in [5.41, 5.74) is 8.06. The molecule has 4 heteroatoms. The summed E-state index contributed by atoms with van der Waals surface area (Å²) in [6.07, 6.45) is 6.31. The van der Waals surface area contributed by atoms with Crippen molar-refractivity contribution in [2.24, 2.45) is 5.92 Å². The van der Waals surface area contributed by atoms with Crippen molar-refractivity contribution in [3.05, 3.63) is 18.2 Å². The molecule has 0 radical (unpaired) electrons. The third kappa shape index (κ3) is 2.74. The van der Waals surface area contributed by atoms with Crippen LogP contribution in [0.1, 0.15) is 39.0 Å². The van der Waals surface area contributed by atoms with Crippen molar-refractivity contribution in [3.63, 3.8) is 0 Å². The smallest absolute Gasteiger partial charge is 0.201 e. The highest BCUT2D eigenvalue weighted by atomic mass is 16.5. The van der Waals surface area contributed by atoms with Gasteiger partial charge in [0, 0.05) is 6.54 Å². The molecule has 0 unspecified atom stereocenters. The number of aryl methyl sites for hydroxylation is 1. The fraction of sp³-hybridized carbons (Fsp3) is 0.562. The molecule has 1 fully saturated rings. The normalized spacial score (nSPS) is 14.8. The highest BCUT2D eigenvalue weighted by Crippen LogP contribution is 2.34. The maximum Gasteiger partial charge on any atom is 0.201 e. The lowest BCUT2D eigenvalue weighted by atomic mass is 10.2. The van der Waals surface area contributed by atoms with E-state index in [0.29, 0.717) is 12.6 Å². The highest BCUT2D eigenvalue weighted by molar-refractivity contribution is 5.84. The third-order valence-electron chi connectivity index (χ3n) is 3.92. The zero-order valence-electron chi connectivity index (χ0n) is 12.1. The van der Waals surface area contributed by atoms with Crippen molar-refractivity contribution in [1.82, 2.24) is 9.55 Å². The van der Waals surface area contributed by atoms with E-state index >= 15 is 0 Å². The van der Waals surface area contributed by atoms with Gasteiger partial charge in [0.2, 0.25) is 5.95 Å². The summed E-state index contributed by atoms with van der Waals surface area (Å²) in [5, 5.41) is 0. The van der Waals surface area contributed by atoms with Crippen molar-refractivity contribution >= 4 is 17.0 Å². The van der Waals surface area contributed by atoms with Gasteiger partial charge in [-0.05, 0) is 37.3 Å². The number of hydrogen-bond acceptors (Lipinski definition) is 3. The Morgan fingerprint density at radius 3 is 3.00 bits per heavy atom. The minimum atomic E-state index is 0.600. The van der Waals surface area contributed by atoms with Gasteiger partial charge in [-0.3, -0.25) is 0 Å². The van der Waals surface area contributed by atoms with Crippen LogP contribution < -0.4 is 10.5 Å². The number of nitrogen functional groups attached to an aromatic ring is 1. The van der Waals surface area contributed by atoms with Crippen molar-refractivity contribution in [2.75, 3.05) is 12.3 Å². The molecule has 3 rings (SSSR count). The molecule has 4 nitrogen and oxygen atoms in total. The zero-order valence-corrected chi connectivity index (χ0v) is 12.1. The maximum absolute atomic E-state index is 6.08. The molecule has 0 bridgehead atoms. The molecule has 0 saturated heterocycles. The van der Waals surface area contributed by atoms with E-state index in [0.717, 1.165) is 35.7 Å². The van der Waals surface area contributed by atoms with Crippen LogP contribution in [0.15, 0.2) is 18.2 Å². The van der Waals surface area contributed by atoms with Crippen LogP contribution in [0.3, 0.4) is 0 Å². The summed E-state index contributed by atoms with van der Waals surface area (Å²) in [7, 11) is 0. The highest BCUT2D eigenvalue weighted by Gasteiger charge is 2.20. The minimum Gasteiger partial charge on any atom is -0.491 e. The van der Waals surface area contributed by atoms with Gasteiger partial charge < -0.3 is 15.0 Å². The number of anilines is 1. The molecule has 1 aromatic heterocycles. The van der Waals surface area contributed by atoms with E-state index in [9.17, 15) is 0 Å². The van der Waals surface area contributed by atoms with Gasteiger partial charge in [0.05, 0.1) is 12.1 Å². The predicted octanol–water partition coefficient (Wildman–Crippen LogP) is 3.60. The molecule has 0 aliphatic heterocycles. The van der Waals surface area contributed by atoms with Gasteiger partial charge in [0.15, 0.2) is 0 Å². The molecule has 1 heterocycles. The standard InChI is InChI=1S/C16H23N3O/c1-2-11-20-14-7-3-6-13-15(14)18-16(17)19(13)10-4-5-12-8-9-12/h3,6-7,12H,2,4-5,8-11H2,1H3,(H2,17,18).